The summed E-state index contributed by atoms with van der Waals surface area (Å²) in [7, 11) is 1.90. The third-order valence-corrected chi connectivity index (χ3v) is 3.57. The molecule has 0 atom stereocenters. The zero-order valence-corrected chi connectivity index (χ0v) is 12.3. The molecule has 18 heavy (non-hydrogen) atoms. The molecule has 100 valence electrons. The molecule has 0 aliphatic rings. The monoisotopic (exact) mass is 286 g/mol. The van der Waals surface area contributed by atoms with Crippen LogP contribution in [0.2, 0.25) is 5.02 Å². The summed E-state index contributed by atoms with van der Waals surface area (Å²) < 4.78 is 0. The maximum Gasteiger partial charge on any atom is 0.252 e. The lowest BCUT2D eigenvalue weighted by Crippen LogP contribution is -2.27. The normalized spacial score (nSPS) is 10.4. The van der Waals surface area contributed by atoms with Crippen LogP contribution < -0.4 is 10.6 Å². The third kappa shape index (κ3) is 4.88. The maximum absolute atomic E-state index is 12.1. The molecule has 1 rings (SSSR count). The summed E-state index contributed by atoms with van der Waals surface area (Å²) in [5.41, 5.74) is 0.666. The fraction of sp³-hybridized carbons (Fsp3) is 0.462. The number of carbonyl (C=O) groups excluding carboxylic acids is 1. The van der Waals surface area contributed by atoms with Gasteiger partial charge in [0.2, 0.25) is 0 Å². The van der Waals surface area contributed by atoms with Gasteiger partial charge in [0.25, 0.3) is 5.91 Å². The smallest absolute Gasteiger partial charge is 0.252 e. The second kappa shape index (κ2) is 8.40. The van der Waals surface area contributed by atoms with Crippen LogP contribution in [0.1, 0.15) is 23.7 Å². The maximum atomic E-state index is 12.1. The number of nitrogens with one attached hydrogen (secondary N) is 2. The van der Waals surface area contributed by atoms with Crippen molar-refractivity contribution < 1.29 is 4.79 Å². The van der Waals surface area contributed by atoms with Crippen LogP contribution in [-0.2, 0) is 0 Å². The van der Waals surface area contributed by atoms with Crippen molar-refractivity contribution in [2.24, 2.45) is 0 Å². The predicted octanol–water partition coefficient (Wildman–Crippen LogP) is 2.79. The average molecular weight is 287 g/mol. The molecule has 3 nitrogen and oxygen atoms in total. The van der Waals surface area contributed by atoms with E-state index in [2.05, 4.69) is 17.6 Å². The van der Waals surface area contributed by atoms with E-state index in [1.54, 1.807) is 17.8 Å². The van der Waals surface area contributed by atoms with E-state index >= 15 is 0 Å². The first kappa shape index (κ1) is 15.3. The van der Waals surface area contributed by atoms with Gasteiger partial charge in [0, 0.05) is 16.5 Å². The van der Waals surface area contributed by atoms with E-state index in [-0.39, 0.29) is 5.91 Å². The van der Waals surface area contributed by atoms with Crippen molar-refractivity contribution >= 4 is 29.3 Å². The van der Waals surface area contributed by atoms with E-state index in [0.29, 0.717) is 17.1 Å². The van der Waals surface area contributed by atoms with Gasteiger partial charge in [-0.3, -0.25) is 4.79 Å². The van der Waals surface area contributed by atoms with Crippen LogP contribution >= 0.6 is 23.4 Å². The molecule has 1 aromatic rings. The molecule has 0 heterocycles. The molecule has 0 radical (unpaired) electrons. The van der Waals surface area contributed by atoms with E-state index in [0.717, 1.165) is 23.6 Å². The lowest BCUT2D eigenvalue weighted by Gasteiger charge is -2.09. The number of hydrogen-bond acceptors (Lipinski definition) is 3. The van der Waals surface area contributed by atoms with Crippen LogP contribution in [0.15, 0.2) is 23.1 Å². The van der Waals surface area contributed by atoms with Gasteiger partial charge in [0.15, 0.2) is 0 Å². The van der Waals surface area contributed by atoms with Gasteiger partial charge in [-0.05, 0) is 44.0 Å². The Bertz CT molecular complexity index is 399. The molecule has 0 aliphatic heterocycles. The Labute approximate surface area is 118 Å². The molecule has 2 N–H and O–H groups in total. The number of thioether (sulfide) groups is 1. The molecule has 1 aromatic carbocycles. The molecule has 5 heteroatoms. The highest BCUT2D eigenvalue weighted by atomic mass is 35.5. The third-order valence-electron chi connectivity index (χ3n) is 2.38. The first-order valence-electron chi connectivity index (χ1n) is 6.04. The van der Waals surface area contributed by atoms with E-state index in [4.69, 9.17) is 11.6 Å². The minimum absolute atomic E-state index is 0.0513. The van der Waals surface area contributed by atoms with Crippen LogP contribution in [0.3, 0.4) is 0 Å². The van der Waals surface area contributed by atoms with Gasteiger partial charge in [-0.2, -0.15) is 0 Å². The summed E-state index contributed by atoms with van der Waals surface area (Å²) in [5.74, 6) is 0.881. The predicted molar refractivity (Wildman–Crippen MR) is 78.7 cm³/mol. The first-order valence-corrected chi connectivity index (χ1v) is 7.40. The van der Waals surface area contributed by atoms with Crippen molar-refractivity contribution in [1.29, 1.82) is 0 Å². The summed E-state index contributed by atoms with van der Waals surface area (Å²) in [4.78, 5) is 13.0. The molecule has 0 aromatic heterocycles. The summed E-state index contributed by atoms with van der Waals surface area (Å²) in [5, 5.41) is 6.55. The van der Waals surface area contributed by atoms with Crippen LogP contribution in [0, 0.1) is 0 Å². The minimum atomic E-state index is -0.0513. The number of amides is 1. The quantitative estimate of drug-likeness (QED) is 0.598. The summed E-state index contributed by atoms with van der Waals surface area (Å²) in [6.45, 7) is 3.63. The van der Waals surface area contributed by atoms with Gasteiger partial charge in [0.1, 0.15) is 0 Å². The molecule has 0 spiro atoms. The van der Waals surface area contributed by atoms with Gasteiger partial charge in [-0.25, -0.2) is 0 Å². The largest absolute Gasteiger partial charge is 0.352 e. The summed E-state index contributed by atoms with van der Waals surface area (Å²) in [6, 6.07) is 5.45. The number of carbonyl (C=O) groups is 1. The Morgan fingerprint density at radius 1 is 1.39 bits per heavy atom. The molecule has 0 aliphatic carbocycles. The number of rotatable bonds is 7. The first-order chi connectivity index (χ1) is 8.69. The Balaban J connectivity index is 2.67. The van der Waals surface area contributed by atoms with E-state index in [1.807, 2.05) is 19.2 Å². The molecule has 0 fully saturated rings. The van der Waals surface area contributed by atoms with E-state index in [1.165, 1.54) is 0 Å². The molecule has 0 saturated carbocycles. The van der Waals surface area contributed by atoms with Crippen molar-refractivity contribution in [1.82, 2.24) is 10.6 Å². The zero-order valence-electron chi connectivity index (χ0n) is 10.8. The molecule has 0 unspecified atom stereocenters. The molecule has 0 saturated heterocycles. The van der Waals surface area contributed by atoms with Crippen molar-refractivity contribution in [3.63, 3.8) is 0 Å². The molecular weight excluding hydrogens is 268 g/mol. The summed E-state index contributed by atoms with van der Waals surface area (Å²) in [6.07, 6.45) is 0.916. The highest BCUT2D eigenvalue weighted by Crippen LogP contribution is 2.25. The fourth-order valence-electron chi connectivity index (χ4n) is 1.52. The summed E-state index contributed by atoms with van der Waals surface area (Å²) >= 11 is 7.60. The van der Waals surface area contributed by atoms with E-state index < -0.39 is 0 Å². The Kier molecular flexibility index (Phi) is 7.16. The van der Waals surface area contributed by atoms with Gasteiger partial charge in [-0.1, -0.05) is 18.5 Å². The molecule has 0 bridgehead atoms. The minimum Gasteiger partial charge on any atom is -0.352 e. The van der Waals surface area contributed by atoms with Crippen LogP contribution in [0.25, 0.3) is 0 Å². The standard InChI is InChI=1S/C13H19ClN2OS/c1-3-18-12-6-5-10(14)9-11(12)13(17)16-8-4-7-15-2/h5-6,9,15H,3-4,7-8H2,1-2H3,(H,16,17). The Morgan fingerprint density at radius 2 is 2.17 bits per heavy atom. The fourth-order valence-corrected chi connectivity index (χ4v) is 2.48. The van der Waals surface area contributed by atoms with Crippen LogP contribution in [0.5, 0.6) is 0 Å². The molecular formula is C13H19ClN2OS. The van der Waals surface area contributed by atoms with Crippen LogP contribution in [-0.4, -0.2) is 31.8 Å². The van der Waals surface area contributed by atoms with Gasteiger partial charge < -0.3 is 10.6 Å². The average Bonchev–Trinajstić information content (AvgIpc) is 2.37. The number of halogens is 1. The number of hydrogen-bond donors (Lipinski definition) is 2. The topological polar surface area (TPSA) is 41.1 Å². The Morgan fingerprint density at radius 3 is 2.83 bits per heavy atom. The van der Waals surface area contributed by atoms with Gasteiger partial charge in [0.05, 0.1) is 5.56 Å². The van der Waals surface area contributed by atoms with E-state index in [9.17, 15) is 4.79 Å². The SMILES string of the molecule is CCSc1ccc(Cl)cc1C(=O)NCCCNC. The second-order valence-electron chi connectivity index (χ2n) is 3.79. The number of benzene rings is 1. The van der Waals surface area contributed by atoms with Gasteiger partial charge in [-0.15, -0.1) is 11.8 Å². The van der Waals surface area contributed by atoms with Crippen molar-refractivity contribution in [2.75, 3.05) is 25.9 Å². The van der Waals surface area contributed by atoms with Crippen molar-refractivity contribution in [3.8, 4) is 0 Å². The second-order valence-corrected chi connectivity index (χ2v) is 5.53. The highest BCUT2D eigenvalue weighted by molar-refractivity contribution is 7.99. The Hall–Kier alpha value is -0.710. The lowest BCUT2D eigenvalue weighted by atomic mass is 10.2. The van der Waals surface area contributed by atoms with Gasteiger partial charge >= 0.3 is 0 Å². The van der Waals surface area contributed by atoms with Crippen molar-refractivity contribution in [2.45, 2.75) is 18.2 Å². The zero-order chi connectivity index (χ0) is 13.4. The molecule has 1 amide bonds. The van der Waals surface area contributed by atoms with Crippen LogP contribution in [0.4, 0.5) is 0 Å². The highest BCUT2D eigenvalue weighted by Gasteiger charge is 2.11. The van der Waals surface area contributed by atoms with Crippen molar-refractivity contribution in [3.05, 3.63) is 28.8 Å². The lowest BCUT2D eigenvalue weighted by molar-refractivity contribution is 0.0950.